The third kappa shape index (κ3) is 5.46. The third-order valence-electron chi connectivity index (χ3n) is 5.05. The number of hydrogen-bond donors (Lipinski definition) is 1. The summed E-state index contributed by atoms with van der Waals surface area (Å²) >= 11 is 0. The molecule has 9 nitrogen and oxygen atoms in total. The van der Waals surface area contributed by atoms with E-state index in [0.29, 0.717) is 5.56 Å². The number of ether oxygens (including phenoxy) is 1. The van der Waals surface area contributed by atoms with E-state index in [1.165, 1.54) is 50.2 Å². The summed E-state index contributed by atoms with van der Waals surface area (Å²) in [7, 11) is -4.28. The maximum absolute atomic E-state index is 13.0. The largest absolute Gasteiger partial charge is 0.451 e. The Kier molecular flexibility index (Phi) is 7.11. The van der Waals surface area contributed by atoms with Gasteiger partial charge in [0.05, 0.1) is 21.1 Å². The van der Waals surface area contributed by atoms with Crippen molar-refractivity contribution in [2.24, 2.45) is 0 Å². The number of sulfonamides is 1. The van der Waals surface area contributed by atoms with E-state index in [1.54, 1.807) is 24.3 Å². The van der Waals surface area contributed by atoms with Crippen LogP contribution in [0.4, 0.5) is 11.4 Å². The van der Waals surface area contributed by atoms with Crippen molar-refractivity contribution in [3.63, 3.8) is 0 Å². The molecule has 3 aromatic rings. The van der Waals surface area contributed by atoms with E-state index >= 15 is 0 Å². The molecule has 0 fully saturated rings. The van der Waals surface area contributed by atoms with Gasteiger partial charge in [-0.2, -0.15) is 0 Å². The Labute approximate surface area is 196 Å². The van der Waals surface area contributed by atoms with Gasteiger partial charge < -0.3 is 4.74 Å². The zero-order chi connectivity index (χ0) is 25.0. The van der Waals surface area contributed by atoms with Crippen molar-refractivity contribution >= 4 is 33.2 Å². The molecule has 0 aliphatic heterocycles. The second-order valence-electron chi connectivity index (χ2n) is 7.64. The maximum atomic E-state index is 13.0. The van der Waals surface area contributed by atoms with Crippen molar-refractivity contribution < 1.29 is 27.7 Å². The van der Waals surface area contributed by atoms with Crippen molar-refractivity contribution in [3.8, 4) is 0 Å². The van der Waals surface area contributed by atoms with Gasteiger partial charge in [0.1, 0.15) is 0 Å². The van der Waals surface area contributed by atoms with Crippen LogP contribution in [-0.4, -0.2) is 31.2 Å². The van der Waals surface area contributed by atoms with Gasteiger partial charge in [0.2, 0.25) is 5.78 Å². The number of carbonyl (C=O) groups is 2. The van der Waals surface area contributed by atoms with Gasteiger partial charge in [-0.1, -0.05) is 48.0 Å². The normalized spacial score (nSPS) is 12.0. The molecule has 3 rings (SSSR count). The lowest BCUT2D eigenvalue weighted by atomic mass is 10.1. The molecule has 0 aliphatic carbocycles. The number of esters is 1. The first-order valence-corrected chi connectivity index (χ1v) is 11.7. The van der Waals surface area contributed by atoms with Gasteiger partial charge in [-0.3, -0.25) is 19.6 Å². The second-order valence-corrected chi connectivity index (χ2v) is 9.29. The minimum Gasteiger partial charge on any atom is -0.451 e. The number of hydrogen-bond acceptors (Lipinski definition) is 7. The van der Waals surface area contributed by atoms with Crippen LogP contribution in [0.1, 0.15) is 38.8 Å². The number of nitro groups is 1. The van der Waals surface area contributed by atoms with Crippen molar-refractivity contribution in [1.29, 1.82) is 0 Å². The van der Waals surface area contributed by atoms with Gasteiger partial charge in [-0.25, -0.2) is 13.2 Å². The Morgan fingerprint density at radius 2 is 1.65 bits per heavy atom. The standard InChI is InChI=1S/C24H22N2O7S/c1-15-8-11-18(12-9-15)23(27)17(3)33-24(28)20-6-4-5-7-21(20)25-34(31,32)22-14-19(26(29)30)13-10-16(22)2/h4-14,17,25H,1-3H3/t17-/m1/s1. The van der Waals surface area contributed by atoms with Crippen LogP contribution in [0.25, 0.3) is 0 Å². The van der Waals surface area contributed by atoms with Crippen molar-refractivity contribution in [3.05, 3.63) is 99.1 Å². The molecule has 10 heteroatoms. The predicted octanol–water partition coefficient (Wildman–Crippen LogP) is 4.44. The molecular formula is C24H22N2O7S. The molecule has 3 aromatic carbocycles. The highest BCUT2D eigenvalue weighted by atomic mass is 32.2. The molecule has 1 N–H and O–H groups in total. The quantitative estimate of drug-likeness (QED) is 0.217. The van der Waals surface area contributed by atoms with Crippen LogP contribution >= 0.6 is 0 Å². The summed E-state index contributed by atoms with van der Waals surface area (Å²) in [5.41, 5.74) is 1.05. The van der Waals surface area contributed by atoms with Crippen LogP contribution in [-0.2, 0) is 14.8 Å². The van der Waals surface area contributed by atoms with Crippen molar-refractivity contribution in [2.75, 3.05) is 4.72 Å². The topological polar surface area (TPSA) is 133 Å². The number of nitrogens with zero attached hydrogens (tertiary/aromatic N) is 1. The molecule has 1 atom stereocenters. The van der Waals surface area contributed by atoms with E-state index in [9.17, 15) is 28.1 Å². The number of benzene rings is 3. The minimum atomic E-state index is -4.28. The Hall–Kier alpha value is -4.05. The van der Waals surface area contributed by atoms with Crippen molar-refractivity contribution in [1.82, 2.24) is 0 Å². The SMILES string of the molecule is Cc1ccc(C(=O)[C@@H](C)OC(=O)c2ccccc2NS(=O)(=O)c2cc([N+](=O)[O-])ccc2C)cc1. The smallest absolute Gasteiger partial charge is 0.340 e. The molecule has 0 aromatic heterocycles. The van der Waals surface area contributed by atoms with Crippen molar-refractivity contribution in [2.45, 2.75) is 31.8 Å². The summed E-state index contributed by atoms with van der Waals surface area (Å²) in [6, 6.07) is 16.0. The highest BCUT2D eigenvalue weighted by molar-refractivity contribution is 7.92. The number of ketones is 1. The van der Waals surface area contributed by atoms with Crippen LogP contribution in [0.5, 0.6) is 0 Å². The number of aryl methyl sites for hydroxylation is 2. The number of non-ortho nitro benzene ring substituents is 1. The van der Waals surface area contributed by atoms with Gasteiger partial charge in [-0.15, -0.1) is 0 Å². The fourth-order valence-corrected chi connectivity index (χ4v) is 4.52. The Balaban J connectivity index is 1.85. The number of rotatable bonds is 8. The number of nitrogens with one attached hydrogen (secondary N) is 1. The zero-order valence-electron chi connectivity index (χ0n) is 18.6. The molecule has 0 bridgehead atoms. The summed E-state index contributed by atoms with van der Waals surface area (Å²) in [4.78, 5) is 35.5. The number of anilines is 1. The molecule has 0 saturated carbocycles. The van der Waals surface area contributed by atoms with Crippen LogP contribution in [0.2, 0.25) is 0 Å². The van der Waals surface area contributed by atoms with E-state index in [0.717, 1.165) is 11.6 Å². The minimum absolute atomic E-state index is 0.0895. The molecule has 34 heavy (non-hydrogen) atoms. The maximum Gasteiger partial charge on any atom is 0.340 e. The molecule has 0 heterocycles. The van der Waals surface area contributed by atoms with Crippen LogP contribution < -0.4 is 4.72 Å². The fraction of sp³-hybridized carbons (Fsp3) is 0.167. The predicted molar refractivity (Wildman–Crippen MR) is 125 cm³/mol. The van der Waals surface area contributed by atoms with Gasteiger partial charge in [0.25, 0.3) is 15.7 Å². The van der Waals surface area contributed by atoms with Gasteiger partial charge >= 0.3 is 5.97 Å². The van der Waals surface area contributed by atoms with E-state index in [1.807, 2.05) is 6.92 Å². The van der Waals surface area contributed by atoms with E-state index < -0.39 is 32.8 Å². The lowest BCUT2D eigenvalue weighted by Gasteiger charge is -2.16. The van der Waals surface area contributed by atoms with Gasteiger partial charge in [0, 0.05) is 17.7 Å². The highest BCUT2D eigenvalue weighted by Crippen LogP contribution is 2.26. The lowest BCUT2D eigenvalue weighted by Crippen LogP contribution is -2.25. The second kappa shape index (κ2) is 9.84. The number of nitro benzene ring substituents is 1. The molecule has 0 unspecified atom stereocenters. The Morgan fingerprint density at radius 1 is 1.00 bits per heavy atom. The van der Waals surface area contributed by atoms with Crippen LogP contribution in [0, 0.1) is 24.0 Å². The van der Waals surface area contributed by atoms with E-state index in [-0.39, 0.29) is 27.4 Å². The molecular weight excluding hydrogens is 460 g/mol. The Bertz CT molecular complexity index is 1370. The highest BCUT2D eigenvalue weighted by Gasteiger charge is 2.25. The summed E-state index contributed by atoms with van der Waals surface area (Å²) in [6.45, 7) is 4.81. The first-order valence-electron chi connectivity index (χ1n) is 10.2. The number of carbonyl (C=O) groups excluding carboxylic acids is 2. The van der Waals surface area contributed by atoms with E-state index in [2.05, 4.69) is 4.72 Å². The number of para-hydroxylation sites is 1. The first kappa shape index (κ1) is 24.6. The molecule has 0 spiro atoms. The summed E-state index contributed by atoms with van der Waals surface area (Å²) in [5, 5.41) is 11.1. The Morgan fingerprint density at radius 3 is 2.29 bits per heavy atom. The fourth-order valence-electron chi connectivity index (χ4n) is 3.17. The molecule has 0 aliphatic rings. The molecule has 176 valence electrons. The molecule has 0 amide bonds. The third-order valence-corrected chi connectivity index (χ3v) is 6.56. The summed E-state index contributed by atoms with van der Waals surface area (Å²) in [5.74, 6) is -1.30. The monoisotopic (exact) mass is 482 g/mol. The van der Waals surface area contributed by atoms with Crippen LogP contribution in [0.3, 0.4) is 0 Å². The average Bonchev–Trinajstić information content (AvgIpc) is 2.79. The summed E-state index contributed by atoms with van der Waals surface area (Å²) in [6.07, 6.45) is -1.11. The van der Waals surface area contributed by atoms with E-state index in [4.69, 9.17) is 4.74 Å². The summed E-state index contributed by atoms with van der Waals surface area (Å²) < 4.78 is 33.6. The average molecular weight is 483 g/mol. The molecule has 0 radical (unpaired) electrons. The number of Topliss-reactive ketones (excluding diaryl/α,β-unsaturated/α-hetero) is 1. The van der Waals surface area contributed by atoms with Crippen LogP contribution in [0.15, 0.2) is 71.6 Å². The van der Waals surface area contributed by atoms with Gasteiger partial charge in [-0.05, 0) is 38.5 Å². The van der Waals surface area contributed by atoms with Gasteiger partial charge in [0.15, 0.2) is 6.10 Å². The zero-order valence-corrected chi connectivity index (χ0v) is 19.5. The lowest BCUT2D eigenvalue weighted by molar-refractivity contribution is -0.385. The first-order chi connectivity index (χ1) is 16.0. The molecule has 0 saturated heterocycles.